The number of aromatic nitrogens is 2. The Morgan fingerprint density at radius 3 is 2.64 bits per heavy atom. The molecule has 1 N–H and O–H groups in total. The summed E-state index contributed by atoms with van der Waals surface area (Å²) < 4.78 is 14.9. The minimum absolute atomic E-state index is 0.276. The van der Waals surface area contributed by atoms with E-state index < -0.39 is 0 Å². The third-order valence-corrected chi connectivity index (χ3v) is 5.15. The van der Waals surface area contributed by atoms with Crippen molar-refractivity contribution in [3.8, 4) is 10.6 Å². The predicted molar refractivity (Wildman–Crippen MR) is 101 cm³/mol. The van der Waals surface area contributed by atoms with Crippen molar-refractivity contribution in [3.63, 3.8) is 0 Å². The standard InChI is InChI=1S/C18H13FN4S2/c19-13-5-7-14(8-6-13)22-18-23(21-11-15-3-1-9-20-15)16(12-25-18)17-4-2-10-24-17/h1-12,20H. The molecule has 4 rings (SSSR count). The lowest BCUT2D eigenvalue weighted by Crippen LogP contribution is -2.11. The summed E-state index contributed by atoms with van der Waals surface area (Å²) in [5.41, 5.74) is 2.57. The average Bonchev–Trinajstić information content (AvgIpc) is 3.37. The molecule has 0 unspecified atom stereocenters. The van der Waals surface area contributed by atoms with Crippen LogP contribution in [0, 0.1) is 5.82 Å². The molecule has 0 amide bonds. The molecule has 3 heterocycles. The van der Waals surface area contributed by atoms with Crippen LogP contribution in [0.1, 0.15) is 5.69 Å². The highest BCUT2D eigenvalue weighted by molar-refractivity contribution is 7.14. The van der Waals surface area contributed by atoms with Gasteiger partial charge in [-0.1, -0.05) is 6.07 Å². The van der Waals surface area contributed by atoms with Gasteiger partial charge >= 0.3 is 0 Å². The summed E-state index contributed by atoms with van der Waals surface area (Å²) in [5, 5.41) is 8.65. The highest BCUT2D eigenvalue weighted by atomic mass is 32.1. The van der Waals surface area contributed by atoms with Crippen molar-refractivity contribution in [3.05, 3.63) is 81.8 Å². The second kappa shape index (κ2) is 7.00. The van der Waals surface area contributed by atoms with Crippen LogP contribution in [0.25, 0.3) is 10.6 Å². The zero-order valence-corrected chi connectivity index (χ0v) is 14.6. The van der Waals surface area contributed by atoms with Gasteiger partial charge in [0.05, 0.1) is 28.2 Å². The Labute approximate surface area is 151 Å². The predicted octanol–water partition coefficient (Wildman–Crippen LogP) is 4.86. The van der Waals surface area contributed by atoms with E-state index in [1.54, 1.807) is 34.4 Å². The van der Waals surface area contributed by atoms with Crippen molar-refractivity contribution in [2.24, 2.45) is 10.1 Å². The number of thiazole rings is 1. The third-order valence-electron chi connectivity index (χ3n) is 3.44. The molecule has 1 aromatic carbocycles. The van der Waals surface area contributed by atoms with Crippen LogP contribution in [0.15, 0.2) is 75.6 Å². The molecule has 0 saturated carbocycles. The molecule has 0 atom stereocenters. The number of nitrogens with zero attached hydrogens (tertiary/aromatic N) is 3. The summed E-state index contributed by atoms with van der Waals surface area (Å²) in [6.07, 6.45) is 3.61. The van der Waals surface area contributed by atoms with E-state index in [1.165, 1.54) is 23.5 Å². The highest BCUT2D eigenvalue weighted by Gasteiger charge is 2.08. The van der Waals surface area contributed by atoms with Crippen LogP contribution in [0.4, 0.5) is 10.1 Å². The van der Waals surface area contributed by atoms with Crippen molar-refractivity contribution < 1.29 is 4.39 Å². The number of hydrogen-bond donors (Lipinski definition) is 1. The smallest absolute Gasteiger partial charge is 0.211 e. The maximum absolute atomic E-state index is 13.1. The zero-order valence-electron chi connectivity index (χ0n) is 13.0. The lowest BCUT2D eigenvalue weighted by atomic mass is 10.3. The molecule has 0 aliphatic carbocycles. The van der Waals surface area contributed by atoms with Gasteiger partial charge in [0.25, 0.3) is 0 Å². The van der Waals surface area contributed by atoms with E-state index in [4.69, 9.17) is 0 Å². The Kier molecular flexibility index (Phi) is 4.41. The van der Waals surface area contributed by atoms with Crippen molar-refractivity contribution in [1.82, 2.24) is 9.66 Å². The minimum atomic E-state index is -0.276. The number of rotatable bonds is 4. The lowest BCUT2D eigenvalue weighted by Gasteiger charge is -2.00. The summed E-state index contributed by atoms with van der Waals surface area (Å²) in [7, 11) is 0. The van der Waals surface area contributed by atoms with Crippen molar-refractivity contribution >= 4 is 34.6 Å². The fourth-order valence-corrected chi connectivity index (χ4v) is 3.90. The van der Waals surface area contributed by atoms with Crippen molar-refractivity contribution in [2.45, 2.75) is 0 Å². The Hall–Kier alpha value is -2.77. The van der Waals surface area contributed by atoms with E-state index in [1.807, 2.05) is 35.2 Å². The van der Waals surface area contributed by atoms with Crippen LogP contribution < -0.4 is 4.80 Å². The number of thiophene rings is 1. The fourth-order valence-electron chi connectivity index (χ4n) is 2.25. The molecular weight excluding hydrogens is 355 g/mol. The molecular formula is C18H13FN4S2. The average molecular weight is 368 g/mol. The first-order chi connectivity index (χ1) is 12.3. The number of halogens is 1. The second-order valence-electron chi connectivity index (χ2n) is 5.15. The largest absolute Gasteiger partial charge is 0.360 e. The van der Waals surface area contributed by atoms with Gasteiger partial charge in [-0.15, -0.1) is 22.7 Å². The SMILES string of the molecule is Fc1ccc(N=c2scc(-c3cccs3)n2N=Cc2ccc[nH]2)cc1. The van der Waals surface area contributed by atoms with E-state index >= 15 is 0 Å². The topological polar surface area (TPSA) is 45.4 Å². The summed E-state index contributed by atoms with van der Waals surface area (Å²) in [6.45, 7) is 0. The Bertz CT molecular complexity index is 1040. The molecule has 124 valence electrons. The number of benzene rings is 1. The molecule has 4 nitrogen and oxygen atoms in total. The quantitative estimate of drug-likeness (QED) is 0.500. The number of H-pyrrole nitrogens is 1. The molecule has 4 aromatic rings. The van der Waals surface area contributed by atoms with Gasteiger partial charge in [-0.2, -0.15) is 5.10 Å². The molecule has 25 heavy (non-hydrogen) atoms. The third kappa shape index (κ3) is 3.52. The molecule has 0 aliphatic heterocycles. The molecule has 3 aromatic heterocycles. The summed E-state index contributed by atoms with van der Waals surface area (Å²) >= 11 is 3.14. The molecule has 0 fully saturated rings. The second-order valence-corrected chi connectivity index (χ2v) is 6.94. The van der Waals surface area contributed by atoms with Crippen LogP contribution in [0.5, 0.6) is 0 Å². The first kappa shape index (κ1) is 15.7. The van der Waals surface area contributed by atoms with Crippen LogP contribution in [0.2, 0.25) is 0 Å². The summed E-state index contributed by atoms with van der Waals surface area (Å²) in [5.74, 6) is -0.276. The Morgan fingerprint density at radius 1 is 1.04 bits per heavy atom. The van der Waals surface area contributed by atoms with Gasteiger partial charge in [0.2, 0.25) is 4.80 Å². The zero-order chi connectivity index (χ0) is 17.1. The van der Waals surface area contributed by atoms with E-state index in [0.29, 0.717) is 5.69 Å². The molecule has 0 aliphatic rings. The van der Waals surface area contributed by atoms with E-state index in [-0.39, 0.29) is 5.82 Å². The fraction of sp³-hybridized carbons (Fsp3) is 0. The number of nitrogens with one attached hydrogen (secondary N) is 1. The summed E-state index contributed by atoms with van der Waals surface area (Å²) in [6, 6.07) is 14.0. The van der Waals surface area contributed by atoms with Gasteiger partial charge in [-0.25, -0.2) is 14.1 Å². The first-order valence-electron chi connectivity index (χ1n) is 7.52. The highest BCUT2D eigenvalue weighted by Crippen LogP contribution is 2.25. The molecule has 0 radical (unpaired) electrons. The molecule has 7 heteroatoms. The Morgan fingerprint density at radius 2 is 1.92 bits per heavy atom. The minimum Gasteiger partial charge on any atom is -0.360 e. The lowest BCUT2D eigenvalue weighted by molar-refractivity contribution is 0.628. The van der Waals surface area contributed by atoms with E-state index in [9.17, 15) is 4.39 Å². The van der Waals surface area contributed by atoms with Crippen LogP contribution in [-0.4, -0.2) is 15.9 Å². The normalized spacial score (nSPS) is 12.3. The van der Waals surface area contributed by atoms with Crippen molar-refractivity contribution in [2.75, 3.05) is 0 Å². The van der Waals surface area contributed by atoms with Crippen LogP contribution in [0.3, 0.4) is 0 Å². The summed E-state index contributed by atoms with van der Waals surface area (Å²) in [4.78, 5) is 9.54. The van der Waals surface area contributed by atoms with Crippen LogP contribution in [-0.2, 0) is 0 Å². The first-order valence-corrected chi connectivity index (χ1v) is 9.28. The Balaban J connectivity index is 1.82. The van der Waals surface area contributed by atoms with E-state index in [2.05, 4.69) is 21.1 Å². The van der Waals surface area contributed by atoms with Crippen LogP contribution >= 0.6 is 22.7 Å². The van der Waals surface area contributed by atoms with Gasteiger partial charge in [0, 0.05) is 11.6 Å². The maximum Gasteiger partial charge on any atom is 0.211 e. The van der Waals surface area contributed by atoms with Gasteiger partial charge in [0.15, 0.2) is 0 Å². The monoisotopic (exact) mass is 368 g/mol. The molecule has 0 saturated heterocycles. The van der Waals surface area contributed by atoms with E-state index in [0.717, 1.165) is 21.1 Å². The number of aromatic amines is 1. The maximum atomic E-state index is 13.1. The van der Waals surface area contributed by atoms with Crippen molar-refractivity contribution in [1.29, 1.82) is 0 Å². The van der Waals surface area contributed by atoms with Gasteiger partial charge in [-0.05, 0) is 47.8 Å². The molecule has 0 bridgehead atoms. The number of hydrogen-bond acceptors (Lipinski definition) is 4. The van der Waals surface area contributed by atoms with Gasteiger partial charge in [-0.3, -0.25) is 0 Å². The van der Waals surface area contributed by atoms with Gasteiger partial charge < -0.3 is 4.98 Å². The molecule has 0 spiro atoms. The van der Waals surface area contributed by atoms with Gasteiger partial charge in [0.1, 0.15) is 5.82 Å².